The van der Waals surface area contributed by atoms with Gasteiger partial charge in [0.1, 0.15) is 0 Å². The van der Waals surface area contributed by atoms with Gasteiger partial charge in [0.2, 0.25) is 0 Å². The van der Waals surface area contributed by atoms with Crippen molar-refractivity contribution >= 4 is 0 Å². The molecule has 0 heterocycles. The van der Waals surface area contributed by atoms with Gasteiger partial charge in [-0.15, -0.1) is 0 Å². The summed E-state index contributed by atoms with van der Waals surface area (Å²) in [6.45, 7) is 8.98. The first kappa shape index (κ1) is 11.5. The Kier molecular flexibility index (Phi) is 2.38. The second-order valence-electron chi connectivity index (χ2n) is 5.91. The van der Waals surface area contributed by atoms with Crippen molar-refractivity contribution in [1.82, 2.24) is 0 Å². The predicted octanol–water partition coefficient (Wildman–Crippen LogP) is 4.47. The number of rotatable bonds is 1. The van der Waals surface area contributed by atoms with Gasteiger partial charge in [-0.25, -0.2) is 0 Å². The minimum atomic E-state index is 0.222. The van der Waals surface area contributed by atoms with E-state index in [0.29, 0.717) is 0 Å². The standard InChI is InChI=1S/C18H20/c1-12-8-9-15(10-14(12)3)18(4)11-16-13(2)6-5-7-17(16)18/h5-10H,11H2,1-4H3. The van der Waals surface area contributed by atoms with Crippen LogP contribution in [0.5, 0.6) is 0 Å². The zero-order valence-electron chi connectivity index (χ0n) is 11.7. The molecule has 2 aromatic carbocycles. The summed E-state index contributed by atoms with van der Waals surface area (Å²) in [5, 5.41) is 0. The average Bonchev–Trinajstić information content (AvgIpc) is 2.33. The topological polar surface area (TPSA) is 0 Å². The van der Waals surface area contributed by atoms with Crippen LogP contribution in [0.1, 0.15) is 40.3 Å². The Morgan fingerprint density at radius 3 is 2.39 bits per heavy atom. The van der Waals surface area contributed by atoms with Gasteiger partial charge in [0.05, 0.1) is 0 Å². The van der Waals surface area contributed by atoms with Gasteiger partial charge in [0.15, 0.2) is 0 Å². The molecule has 0 bridgehead atoms. The van der Waals surface area contributed by atoms with Crippen LogP contribution in [0.4, 0.5) is 0 Å². The van der Waals surface area contributed by atoms with E-state index < -0.39 is 0 Å². The van der Waals surface area contributed by atoms with Crippen molar-refractivity contribution < 1.29 is 0 Å². The summed E-state index contributed by atoms with van der Waals surface area (Å²) in [7, 11) is 0. The van der Waals surface area contributed by atoms with Crippen LogP contribution in [-0.4, -0.2) is 0 Å². The Balaban J connectivity index is 2.11. The first-order valence-corrected chi connectivity index (χ1v) is 6.69. The van der Waals surface area contributed by atoms with Crippen molar-refractivity contribution in [2.45, 2.75) is 39.5 Å². The van der Waals surface area contributed by atoms with Gasteiger partial charge < -0.3 is 0 Å². The van der Waals surface area contributed by atoms with E-state index in [4.69, 9.17) is 0 Å². The summed E-state index contributed by atoms with van der Waals surface area (Å²) >= 11 is 0. The molecule has 0 fully saturated rings. The van der Waals surface area contributed by atoms with Crippen molar-refractivity contribution in [3.8, 4) is 0 Å². The lowest BCUT2D eigenvalue weighted by atomic mass is 9.60. The molecule has 0 spiro atoms. The van der Waals surface area contributed by atoms with Crippen LogP contribution < -0.4 is 0 Å². The molecule has 0 heteroatoms. The minimum Gasteiger partial charge on any atom is -0.0617 e. The van der Waals surface area contributed by atoms with Crippen LogP contribution in [-0.2, 0) is 11.8 Å². The van der Waals surface area contributed by atoms with E-state index in [0.717, 1.165) is 0 Å². The number of fused-ring (bicyclic) bond motifs is 1. The van der Waals surface area contributed by atoms with E-state index in [9.17, 15) is 0 Å². The van der Waals surface area contributed by atoms with Crippen LogP contribution in [0, 0.1) is 20.8 Å². The summed E-state index contributed by atoms with van der Waals surface area (Å²) in [4.78, 5) is 0. The Labute approximate surface area is 110 Å². The molecule has 0 amide bonds. The molecular weight excluding hydrogens is 216 g/mol. The third-order valence-electron chi connectivity index (χ3n) is 4.68. The largest absolute Gasteiger partial charge is 0.0617 e. The fraction of sp³-hybridized carbons (Fsp3) is 0.333. The van der Waals surface area contributed by atoms with E-state index in [1.807, 2.05) is 0 Å². The molecule has 1 aliphatic rings. The molecule has 0 saturated carbocycles. The third-order valence-corrected chi connectivity index (χ3v) is 4.68. The Hall–Kier alpha value is -1.56. The monoisotopic (exact) mass is 236 g/mol. The molecule has 1 aliphatic carbocycles. The number of benzene rings is 2. The summed E-state index contributed by atoms with van der Waals surface area (Å²) in [6, 6.07) is 13.6. The van der Waals surface area contributed by atoms with Gasteiger partial charge in [0, 0.05) is 5.41 Å². The molecule has 92 valence electrons. The molecule has 18 heavy (non-hydrogen) atoms. The quantitative estimate of drug-likeness (QED) is 0.685. The first-order valence-electron chi connectivity index (χ1n) is 6.69. The van der Waals surface area contributed by atoms with Crippen molar-refractivity contribution in [2.24, 2.45) is 0 Å². The fourth-order valence-corrected chi connectivity index (χ4v) is 3.14. The highest BCUT2D eigenvalue weighted by Crippen LogP contribution is 2.47. The molecule has 1 atom stereocenters. The molecule has 0 nitrogen and oxygen atoms in total. The lowest BCUT2D eigenvalue weighted by molar-refractivity contribution is 0.493. The number of hydrogen-bond donors (Lipinski definition) is 0. The molecule has 0 saturated heterocycles. The molecule has 0 aromatic heterocycles. The third kappa shape index (κ3) is 1.45. The Bertz CT molecular complexity index is 622. The van der Waals surface area contributed by atoms with Gasteiger partial charge in [-0.2, -0.15) is 0 Å². The summed E-state index contributed by atoms with van der Waals surface area (Å²) in [5.74, 6) is 0. The second-order valence-corrected chi connectivity index (χ2v) is 5.91. The highest BCUT2D eigenvalue weighted by atomic mass is 14.4. The maximum Gasteiger partial charge on any atom is 0.0218 e. The highest BCUT2D eigenvalue weighted by Gasteiger charge is 2.40. The summed E-state index contributed by atoms with van der Waals surface area (Å²) in [5.41, 5.74) is 8.97. The van der Waals surface area contributed by atoms with Crippen molar-refractivity contribution in [3.63, 3.8) is 0 Å². The lowest BCUT2D eigenvalue weighted by Crippen LogP contribution is -2.37. The lowest BCUT2D eigenvalue weighted by Gasteiger charge is -2.43. The molecule has 1 unspecified atom stereocenters. The van der Waals surface area contributed by atoms with Crippen molar-refractivity contribution in [1.29, 1.82) is 0 Å². The second kappa shape index (κ2) is 3.71. The maximum absolute atomic E-state index is 2.37. The van der Waals surface area contributed by atoms with Crippen LogP contribution in [0.2, 0.25) is 0 Å². The molecule has 3 rings (SSSR count). The van der Waals surface area contributed by atoms with Gasteiger partial charge in [-0.1, -0.05) is 43.3 Å². The zero-order valence-corrected chi connectivity index (χ0v) is 11.7. The molecular formula is C18H20. The summed E-state index contributed by atoms with van der Waals surface area (Å²) < 4.78 is 0. The van der Waals surface area contributed by atoms with Crippen LogP contribution in [0.3, 0.4) is 0 Å². The Morgan fingerprint density at radius 1 is 0.889 bits per heavy atom. The fourth-order valence-electron chi connectivity index (χ4n) is 3.14. The Morgan fingerprint density at radius 2 is 1.67 bits per heavy atom. The highest BCUT2D eigenvalue weighted by molar-refractivity contribution is 5.56. The first-order chi connectivity index (χ1) is 8.52. The zero-order chi connectivity index (χ0) is 12.9. The molecule has 0 radical (unpaired) electrons. The van der Waals surface area contributed by atoms with Crippen LogP contribution in [0.15, 0.2) is 36.4 Å². The maximum atomic E-state index is 2.37. The van der Waals surface area contributed by atoms with E-state index in [-0.39, 0.29) is 5.41 Å². The SMILES string of the molecule is Cc1ccc(C2(C)Cc3c(C)cccc32)cc1C. The minimum absolute atomic E-state index is 0.222. The van der Waals surface area contributed by atoms with Gasteiger partial charge in [-0.3, -0.25) is 0 Å². The van der Waals surface area contributed by atoms with Crippen molar-refractivity contribution in [3.05, 3.63) is 69.8 Å². The normalized spacial score (nSPS) is 21.3. The van der Waals surface area contributed by atoms with Crippen molar-refractivity contribution in [2.75, 3.05) is 0 Å². The molecule has 0 aliphatic heterocycles. The van der Waals surface area contributed by atoms with E-state index >= 15 is 0 Å². The van der Waals surface area contributed by atoms with E-state index in [2.05, 4.69) is 64.1 Å². The van der Waals surface area contributed by atoms with Crippen LogP contribution in [0.25, 0.3) is 0 Å². The summed E-state index contributed by atoms with van der Waals surface area (Å²) in [6.07, 6.45) is 1.18. The number of hydrogen-bond acceptors (Lipinski definition) is 0. The predicted molar refractivity (Wildman–Crippen MR) is 77.3 cm³/mol. The van der Waals surface area contributed by atoms with Gasteiger partial charge in [0.25, 0.3) is 0 Å². The average molecular weight is 236 g/mol. The van der Waals surface area contributed by atoms with Crippen LogP contribution >= 0.6 is 0 Å². The van der Waals surface area contributed by atoms with Gasteiger partial charge in [-0.05, 0) is 60.6 Å². The molecule has 2 aromatic rings. The number of aryl methyl sites for hydroxylation is 3. The van der Waals surface area contributed by atoms with E-state index in [1.165, 1.54) is 34.2 Å². The smallest absolute Gasteiger partial charge is 0.0218 e. The van der Waals surface area contributed by atoms with E-state index in [1.54, 1.807) is 5.56 Å². The molecule has 0 N–H and O–H groups in total. The van der Waals surface area contributed by atoms with Gasteiger partial charge >= 0.3 is 0 Å².